The number of aryl methyl sites for hydroxylation is 1. The summed E-state index contributed by atoms with van der Waals surface area (Å²) in [6.45, 7) is 2.57. The summed E-state index contributed by atoms with van der Waals surface area (Å²) in [5, 5.41) is 0. The predicted molar refractivity (Wildman–Crippen MR) is 108 cm³/mol. The Hall–Kier alpha value is -3.03. The summed E-state index contributed by atoms with van der Waals surface area (Å²) in [5.74, 6) is 0.619. The average molecular weight is 392 g/mol. The molecular weight excluding hydrogens is 372 g/mol. The molecule has 28 heavy (non-hydrogen) atoms. The molecule has 0 saturated carbocycles. The number of sulfonamides is 1. The van der Waals surface area contributed by atoms with E-state index in [-0.39, 0.29) is 11.4 Å². The molecule has 0 aliphatic rings. The quantitative estimate of drug-likeness (QED) is 0.546. The summed E-state index contributed by atoms with van der Waals surface area (Å²) >= 11 is 0. The van der Waals surface area contributed by atoms with Gasteiger partial charge in [-0.15, -0.1) is 0 Å². The second-order valence-corrected chi connectivity index (χ2v) is 8.35. The second kappa shape index (κ2) is 7.53. The van der Waals surface area contributed by atoms with Gasteiger partial charge in [-0.1, -0.05) is 48.0 Å². The first kappa shape index (κ1) is 18.3. The number of rotatable bonds is 6. The molecule has 0 aliphatic heterocycles. The number of hydrogen-bond acceptors (Lipinski definition) is 4. The number of aromatic nitrogens is 3. The molecule has 7 heteroatoms. The van der Waals surface area contributed by atoms with E-state index >= 15 is 0 Å². The Labute approximate surface area is 163 Å². The van der Waals surface area contributed by atoms with Crippen LogP contribution >= 0.6 is 0 Å². The molecule has 1 N–H and O–H groups in total. The van der Waals surface area contributed by atoms with E-state index in [1.54, 1.807) is 30.5 Å². The van der Waals surface area contributed by atoms with Gasteiger partial charge >= 0.3 is 0 Å². The van der Waals surface area contributed by atoms with Gasteiger partial charge in [0.05, 0.1) is 18.0 Å². The van der Waals surface area contributed by atoms with E-state index in [4.69, 9.17) is 0 Å². The SMILES string of the molecule is Cc1ccc(S(=O)(=O)NCc2nc3cccnc3n2Cc2ccccc2)cc1. The van der Waals surface area contributed by atoms with Crippen molar-refractivity contribution >= 4 is 21.2 Å². The molecular formula is C21H20N4O2S. The minimum atomic E-state index is -3.63. The molecule has 0 radical (unpaired) electrons. The molecule has 0 bridgehead atoms. The number of nitrogens with zero attached hydrogens (tertiary/aromatic N) is 3. The van der Waals surface area contributed by atoms with Gasteiger partial charge < -0.3 is 4.57 Å². The topological polar surface area (TPSA) is 76.9 Å². The molecule has 0 unspecified atom stereocenters. The smallest absolute Gasteiger partial charge is 0.240 e. The molecule has 2 aromatic carbocycles. The lowest BCUT2D eigenvalue weighted by Crippen LogP contribution is -2.25. The fourth-order valence-corrected chi connectivity index (χ4v) is 4.01. The van der Waals surface area contributed by atoms with Crippen LogP contribution < -0.4 is 4.72 Å². The molecule has 2 aromatic heterocycles. The third-order valence-corrected chi connectivity index (χ3v) is 5.94. The largest absolute Gasteiger partial charge is 0.307 e. The van der Waals surface area contributed by atoms with Gasteiger partial charge in [0.1, 0.15) is 11.3 Å². The Morgan fingerprint density at radius 3 is 2.46 bits per heavy atom. The maximum Gasteiger partial charge on any atom is 0.240 e. The highest BCUT2D eigenvalue weighted by atomic mass is 32.2. The number of nitrogens with one attached hydrogen (secondary N) is 1. The van der Waals surface area contributed by atoms with Crippen LogP contribution in [0.15, 0.2) is 77.8 Å². The molecule has 0 fully saturated rings. The molecule has 6 nitrogen and oxygen atoms in total. The fourth-order valence-electron chi connectivity index (χ4n) is 3.03. The highest BCUT2D eigenvalue weighted by Crippen LogP contribution is 2.17. The van der Waals surface area contributed by atoms with Crippen molar-refractivity contribution in [1.82, 2.24) is 19.3 Å². The third-order valence-electron chi connectivity index (χ3n) is 4.52. The van der Waals surface area contributed by atoms with Gasteiger partial charge in [-0.05, 0) is 36.8 Å². The van der Waals surface area contributed by atoms with E-state index in [0.717, 1.165) is 22.3 Å². The van der Waals surface area contributed by atoms with Crippen molar-refractivity contribution < 1.29 is 8.42 Å². The van der Waals surface area contributed by atoms with E-state index in [9.17, 15) is 8.42 Å². The monoisotopic (exact) mass is 392 g/mol. The van der Waals surface area contributed by atoms with Crippen molar-refractivity contribution in [2.75, 3.05) is 0 Å². The lowest BCUT2D eigenvalue weighted by atomic mass is 10.2. The summed E-state index contributed by atoms with van der Waals surface area (Å²) in [7, 11) is -3.63. The molecule has 4 aromatic rings. The molecule has 0 spiro atoms. The zero-order valence-electron chi connectivity index (χ0n) is 15.4. The van der Waals surface area contributed by atoms with Gasteiger partial charge in [0, 0.05) is 6.20 Å². The van der Waals surface area contributed by atoms with E-state index in [1.165, 1.54) is 0 Å². The van der Waals surface area contributed by atoms with Crippen LogP contribution in [0.5, 0.6) is 0 Å². The van der Waals surface area contributed by atoms with Crippen LogP contribution in [-0.2, 0) is 23.1 Å². The van der Waals surface area contributed by atoms with Crippen LogP contribution in [0.25, 0.3) is 11.2 Å². The summed E-state index contributed by atoms with van der Waals surface area (Å²) < 4.78 is 29.9. The Morgan fingerprint density at radius 1 is 0.964 bits per heavy atom. The van der Waals surface area contributed by atoms with Gasteiger partial charge in [0.2, 0.25) is 10.0 Å². The zero-order chi connectivity index (χ0) is 19.6. The molecule has 2 heterocycles. The number of fused-ring (bicyclic) bond motifs is 1. The van der Waals surface area contributed by atoms with Crippen LogP contribution in [-0.4, -0.2) is 23.0 Å². The zero-order valence-corrected chi connectivity index (χ0v) is 16.2. The fraction of sp³-hybridized carbons (Fsp3) is 0.143. The van der Waals surface area contributed by atoms with Gasteiger partial charge in [0.15, 0.2) is 5.65 Å². The maximum atomic E-state index is 12.6. The van der Waals surface area contributed by atoms with Crippen LogP contribution in [0.4, 0.5) is 0 Å². The number of benzene rings is 2. The van der Waals surface area contributed by atoms with Crippen LogP contribution in [0.1, 0.15) is 17.0 Å². The Morgan fingerprint density at radius 2 is 1.71 bits per heavy atom. The first-order valence-corrected chi connectivity index (χ1v) is 10.4. The van der Waals surface area contributed by atoms with Crippen LogP contribution in [0, 0.1) is 6.92 Å². The molecule has 0 atom stereocenters. The predicted octanol–water partition coefficient (Wildman–Crippen LogP) is 3.27. The number of hydrogen-bond donors (Lipinski definition) is 1. The average Bonchev–Trinajstić information content (AvgIpc) is 3.05. The van der Waals surface area contributed by atoms with Crippen LogP contribution in [0.3, 0.4) is 0 Å². The molecule has 4 rings (SSSR count). The van der Waals surface area contributed by atoms with Crippen molar-refractivity contribution in [2.24, 2.45) is 0 Å². The summed E-state index contributed by atoms with van der Waals surface area (Å²) in [5.41, 5.74) is 3.57. The van der Waals surface area contributed by atoms with E-state index in [0.29, 0.717) is 12.4 Å². The highest BCUT2D eigenvalue weighted by Gasteiger charge is 2.17. The minimum Gasteiger partial charge on any atom is -0.307 e. The summed E-state index contributed by atoms with van der Waals surface area (Å²) in [6, 6.07) is 20.4. The van der Waals surface area contributed by atoms with Crippen molar-refractivity contribution in [1.29, 1.82) is 0 Å². The van der Waals surface area contributed by atoms with Crippen LogP contribution in [0.2, 0.25) is 0 Å². The molecule has 142 valence electrons. The molecule has 0 saturated heterocycles. The minimum absolute atomic E-state index is 0.0827. The van der Waals surface area contributed by atoms with Crippen molar-refractivity contribution in [2.45, 2.75) is 24.9 Å². The van der Waals surface area contributed by atoms with Gasteiger partial charge in [0.25, 0.3) is 0 Å². The first-order chi connectivity index (χ1) is 13.5. The van der Waals surface area contributed by atoms with E-state index in [1.807, 2.05) is 54.0 Å². The lowest BCUT2D eigenvalue weighted by Gasteiger charge is -2.10. The van der Waals surface area contributed by atoms with E-state index < -0.39 is 10.0 Å². The normalized spacial score (nSPS) is 11.8. The maximum absolute atomic E-state index is 12.6. The summed E-state index contributed by atoms with van der Waals surface area (Å²) in [6.07, 6.45) is 1.71. The lowest BCUT2D eigenvalue weighted by molar-refractivity contribution is 0.576. The third kappa shape index (κ3) is 3.81. The van der Waals surface area contributed by atoms with Crippen molar-refractivity contribution in [3.63, 3.8) is 0 Å². The van der Waals surface area contributed by atoms with Gasteiger partial charge in [-0.3, -0.25) is 0 Å². The first-order valence-electron chi connectivity index (χ1n) is 8.93. The van der Waals surface area contributed by atoms with Crippen molar-refractivity contribution in [3.8, 4) is 0 Å². The highest BCUT2D eigenvalue weighted by molar-refractivity contribution is 7.89. The Kier molecular flexibility index (Phi) is 4.93. The summed E-state index contributed by atoms with van der Waals surface area (Å²) in [4.78, 5) is 9.26. The molecule has 0 amide bonds. The standard InChI is InChI=1S/C21H20N4O2S/c1-16-9-11-18(12-10-16)28(26,27)23-14-20-24-19-8-5-13-22-21(19)25(20)15-17-6-3-2-4-7-17/h2-13,23H,14-15H2,1H3. The Bertz CT molecular complexity index is 1200. The number of pyridine rings is 1. The van der Waals surface area contributed by atoms with Crippen molar-refractivity contribution in [3.05, 3.63) is 89.9 Å². The van der Waals surface area contributed by atoms with Gasteiger partial charge in [-0.25, -0.2) is 23.1 Å². The number of imidazole rings is 1. The Balaban J connectivity index is 1.65. The second-order valence-electron chi connectivity index (χ2n) is 6.58. The molecule has 0 aliphatic carbocycles. The van der Waals surface area contributed by atoms with E-state index in [2.05, 4.69) is 14.7 Å². The van der Waals surface area contributed by atoms with Gasteiger partial charge in [-0.2, -0.15) is 0 Å².